The first-order chi connectivity index (χ1) is 11.1. The van der Waals surface area contributed by atoms with Gasteiger partial charge < -0.3 is 4.84 Å². The summed E-state index contributed by atoms with van der Waals surface area (Å²) < 4.78 is 0. The lowest BCUT2D eigenvalue weighted by atomic mass is 9.82. The van der Waals surface area contributed by atoms with Crippen molar-refractivity contribution in [2.24, 2.45) is 0 Å². The second kappa shape index (κ2) is 6.85. The molecule has 0 radical (unpaired) electrons. The van der Waals surface area contributed by atoms with Crippen LogP contribution in [0.3, 0.4) is 0 Å². The van der Waals surface area contributed by atoms with Gasteiger partial charge in [-0.3, -0.25) is 9.78 Å². The maximum Gasteiger partial charge on any atom is 0.360 e. The Bertz CT molecular complexity index is 632. The second-order valence-corrected chi connectivity index (χ2v) is 7.55. The molecule has 130 valence electrons. The van der Waals surface area contributed by atoms with Crippen LogP contribution in [0, 0.1) is 0 Å². The molecule has 0 aliphatic carbocycles. The first-order valence-electron chi connectivity index (χ1n) is 8.29. The minimum absolute atomic E-state index is 0.0279. The summed E-state index contributed by atoms with van der Waals surface area (Å²) in [5.74, 6) is -0.939. The van der Waals surface area contributed by atoms with E-state index in [2.05, 4.69) is 32.7 Å². The van der Waals surface area contributed by atoms with Gasteiger partial charge in [0, 0.05) is 12.4 Å². The molecule has 24 heavy (non-hydrogen) atoms. The summed E-state index contributed by atoms with van der Waals surface area (Å²) in [7, 11) is 0. The average Bonchev–Trinajstić information content (AvgIpc) is 2.49. The highest BCUT2D eigenvalue weighted by atomic mass is 16.7. The van der Waals surface area contributed by atoms with E-state index in [1.165, 1.54) is 13.0 Å². The van der Waals surface area contributed by atoms with Crippen LogP contribution >= 0.6 is 0 Å². The number of hydrogen-bond acceptors (Lipinski definition) is 5. The van der Waals surface area contributed by atoms with Gasteiger partial charge in [-0.2, -0.15) is 0 Å². The molecule has 1 aromatic rings. The Morgan fingerprint density at radius 1 is 1.21 bits per heavy atom. The number of hydroxylamine groups is 2. The van der Waals surface area contributed by atoms with Crippen LogP contribution in [-0.2, 0) is 14.4 Å². The second-order valence-electron chi connectivity index (χ2n) is 7.55. The van der Waals surface area contributed by atoms with Crippen molar-refractivity contribution in [2.75, 3.05) is 0 Å². The van der Waals surface area contributed by atoms with Crippen LogP contribution in [0.2, 0.25) is 0 Å². The Balaban J connectivity index is 2.28. The van der Waals surface area contributed by atoms with E-state index in [0.717, 1.165) is 19.3 Å². The van der Waals surface area contributed by atoms with Gasteiger partial charge in [-0.25, -0.2) is 4.79 Å². The summed E-state index contributed by atoms with van der Waals surface area (Å²) in [6, 6.07) is 3.55. The minimum Gasteiger partial charge on any atom is -0.363 e. The SMILES string of the molecule is CC(=O)/C(=C\c1cccnc1)C(=O)ON1C(C)(C)CCCC1(C)C. The topological polar surface area (TPSA) is 59.5 Å². The number of ketones is 1. The third-order valence-electron chi connectivity index (χ3n) is 4.45. The number of carbonyl (C=O) groups excluding carboxylic acids is 2. The molecule has 1 aliphatic rings. The Labute approximate surface area is 143 Å². The molecule has 0 N–H and O–H groups in total. The fourth-order valence-electron chi connectivity index (χ4n) is 3.29. The van der Waals surface area contributed by atoms with E-state index in [9.17, 15) is 9.59 Å². The molecule has 0 saturated carbocycles. The Morgan fingerprint density at radius 2 is 1.83 bits per heavy atom. The van der Waals surface area contributed by atoms with E-state index in [1.807, 2.05) is 0 Å². The van der Waals surface area contributed by atoms with Crippen molar-refractivity contribution in [1.29, 1.82) is 0 Å². The average molecular weight is 330 g/mol. The molecule has 1 aromatic heterocycles. The van der Waals surface area contributed by atoms with Crippen LogP contribution < -0.4 is 0 Å². The molecule has 1 saturated heterocycles. The summed E-state index contributed by atoms with van der Waals surface area (Å²) in [6.07, 6.45) is 7.73. The summed E-state index contributed by atoms with van der Waals surface area (Å²) in [4.78, 5) is 34.3. The monoisotopic (exact) mass is 330 g/mol. The predicted molar refractivity (Wildman–Crippen MR) is 92.8 cm³/mol. The Kier molecular flexibility index (Phi) is 5.23. The molecule has 0 atom stereocenters. The molecule has 0 bridgehead atoms. The molecule has 0 spiro atoms. The predicted octanol–water partition coefficient (Wildman–Crippen LogP) is 3.56. The van der Waals surface area contributed by atoms with Gasteiger partial charge in [-0.05, 0) is 71.6 Å². The number of rotatable bonds is 4. The number of hydrogen-bond donors (Lipinski definition) is 0. The van der Waals surface area contributed by atoms with E-state index in [0.29, 0.717) is 5.56 Å². The van der Waals surface area contributed by atoms with E-state index >= 15 is 0 Å². The standard InChI is InChI=1S/C19H26N2O3/c1-14(22)16(12-15-8-6-11-20-13-15)17(23)24-21-18(2,3)9-7-10-19(21,4)5/h6,8,11-13H,7,9-10H2,1-5H3/b16-12+. The molecule has 5 heteroatoms. The molecule has 2 heterocycles. The van der Waals surface area contributed by atoms with Gasteiger partial charge >= 0.3 is 5.97 Å². The van der Waals surface area contributed by atoms with E-state index in [4.69, 9.17) is 4.84 Å². The Hall–Kier alpha value is -2.01. The third-order valence-corrected chi connectivity index (χ3v) is 4.45. The third kappa shape index (κ3) is 4.09. The van der Waals surface area contributed by atoms with Crippen LogP contribution in [0.1, 0.15) is 59.4 Å². The largest absolute Gasteiger partial charge is 0.363 e. The van der Waals surface area contributed by atoms with Crippen LogP contribution in [0.25, 0.3) is 6.08 Å². The summed E-state index contributed by atoms with van der Waals surface area (Å²) in [5, 5.41) is 1.76. The lowest BCUT2D eigenvalue weighted by Crippen LogP contribution is -2.59. The van der Waals surface area contributed by atoms with Crippen molar-refractivity contribution < 1.29 is 14.4 Å². The zero-order valence-electron chi connectivity index (χ0n) is 15.1. The van der Waals surface area contributed by atoms with Gasteiger partial charge in [-0.1, -0.05) is 6.07 Å². The van der Waals surface area contributed by atoms with Crippen molar-refractivity contribution in [1.82, 2.24) is 10.0 Å². The van der Waals surface area contributed by atoms with Gasteiger partial charge in [0.1, 0.15) is 5.57 Å². The normalized spacial score (nSPS) is 20.5. The quantitative estimate of drug-likeness (QED) is 0.480. The van der Waals surface area contributed by atoms with Crippen LogP contribution in [0.5, 0.6) is 0 Å². The molecular weight excluding hydrogens is 304 g/mol. The molecule has 0 aromatic carbocycles. The number of pyridine rings is 1. The summed E-state index contributed by atoms with van der Waals surface area (Å²) in [6.45, 7) is 9.59. The zero-order chi connectivity index (χ0) is 18.0. The first-order valence-corrected chi connectivity index (χ1v) is 8.29. The van der Waals surface area contributed by atoms with Gasteiger partial charge in [0.05, 0.1) is 11.1 Å². The molecular formula is C19H26N2O3. The minimum atomic E-state index is -0.616. The van der Waals surface area contributed by atoms with Crippen molar-refractivity contribution in [3.05, 3.63) is 35.7 Å². The van der Waals surface area contributed by atoms with E-state index < -0.39 is 5.97 Å². The van der Waals surface area contributed by atoms with Gasteiger partial charge in [-0.15, -0.1) is 5.06 Å². The fourth-order valence-corrected chi connectivity index (χ4v) is 3.29. The molecule has 5 nitrogen and oxygen atoms in total. The first kappa shape index (κ1) is 18.3. The molecule has 1 aliphatic heterocycles. The van der Waals surface area contributed by atoms with Crippen molar-refractivity contribution >= 4 is 17.8 Å². The number of Topliss-reactive ketones (excluding diaryl/α,β-unsaturated/α-hetero) is 1. The van der Waals surface area contributed by atoms with E-state index in [1.54, 1.807) is 29.6 Å². The highest BCUT2D eigenvalue weighted by Gasteiger charge is 2.44. The van der Waals surface area contributed by atoms with Crippen molar-refractivity contribution in [3.63, 3.8) is 0 Å². The number of piperidine rings is 1. The lowest BCUT2D eigenvalue weighted by molar-refractivity contribution is -0.262. The summed E-state index contributed by atoms with van der Waals surface area (Å²) in [5.41, 5.74) is 0.179. The molecule has 0 amide bonds. The number of aromatic nitrogens is 1. The highest BCUT2D eigenvalue weighted by molar-refractivity contribution is 6.19. The molecule has 1 fully saturated rings. The van der Waals surface area contributed by atoms with Gasteiger partial charge in [0.2, 0.25) is 0 Å². The number of nitrogens with zero attached hydrogens (tertiary/aromatic N) is 2. The van der Waals surface area contributed by atoms with E-state index in [-0.39, 0.29) is 22.4 Å². The smallest absolute Gasteiger partial charge is 0.360 e. The maximum absolute atomic E-state index is 12.7. The molecule has 0 unspecified atom stereocenters. The van der Waals surface area contributed by atoms with Crippen molar-refractivity contribution in [2.45, 2.75) is 65.0 Å². The van der Waals surface area contributed by atoms with Crippen LogP contribution in [-0.4, -0.2) is 32.9 Å². The zero-order valence-corrected chi connectivity index (χ0v) is 15.1. The van der Waals surface area contributed by atoms with Gasteiger partial charge in [0.25, 0.3) is 0 Å². The van der Waals surface area contributed by atoms with Gasteiger partial charge in [0.15, 0.2) is 5.78 Å². The van der Waals surface area contributed by atoms with Crippen molar-refractivity contribution in [3.8, 4) is 0 Å². The summed E-state index contributed by atoms with van der Waals surface area (Å²) >= 11 is 0. The maximum atomic E-state index is 12.7. The highest BCUT2D eigenvalue weighted by Crippen LogP contribution is 2.38. The van der Waals surface area contributed by atoms with Crippen LogP contribution in [0.4, 0.5) is 0 Å². The fraction of sp³-hybridized carbons (Fsp3) is 0.526. The molecule has 2 rings (SSSR count). The lowest BCUT2D eigenvalue weighted by Gasteiger charge is -2.50. The number of carbonyl (C=O) groups is 2. The Morgan fingerprint density at radius 3 is 2.33 bits per heavy atom. The van der Waals surface area contributed by atoms with Crippen LogP contribution in [0.15, 0.2) is 30.1 Å².